The summed E-state index contributed by atoms with van der Waals surface area (Å²) in [5, 5.41) is 24.1. The van der Waals surface area contributed by atoms with Crippen molar-refractivity contribution in [2.75, 3.05) is 11.9 Å². The summed E-state index contributed by atoms with van der Waals surface area (Å²) < 4.78 is 4.23. The second-order valence-electron chi connectivity index (χ2n) is 5.04. The Balaban J connectivity index is 2.09. The molecule has 1 aromatic carbocycles. The molecule has 2 rings (SSSR count). The van der Waals surface area contributed by atoms with Crippen LogP contribution >= 0.6 is 23.1 Å². The molecule has 2 aromatic rings. The second-order valence-corrected chi connectivity index (χ2v) is 6.23. The molecule has 21 heavy (non-hydrogen) atoms. The number of aromatic nitrogens is 2. The third kappa shape index (κ3) is 4.14. The van der Waals surface area contributed by atoms with Gasteiger partial charge in [0.1, 0.15) is 11.9 Å². The first-order valence-corrected chi connectivity index (χ1v) is 7.81. The van der Waals surface area contributed by atoms with Crippen LogP contribution in [0.3, 0.4) is 0 Å². The predicted octanol–water partition coefficient (Wildman–Crippen LogP) is 2.82. The molecule has 0 spiro atoms. The van der Waals surface area contributed by atoms with E-state index in [1.165, 1.54) is 11.5 Å². The highest BCUT2D eigenvalue weighted by Gasteiger charge is 2.21. The van der Waals surface area contributed by atoms with E-state index in [4.69, 9.17) is 11.6 Å². The number of hydrogen-bond donors (Lipinski definition) is 3. The van der Waals surface area contributed by atoms with Gasteiger partial charge in [-0.15, -0.1) is 0 Å². The zero-order chi connectivity index (χ0) is 15.4. The van der Waals surface area contributed by atoms with Crippen molar-refractivity contribution in [1.29, 1.82) is 0 Å². The largest absolute Gasteiger partial charge is 0.394 e. The van der Waals surface area contributed by atoms with Crippen LogP contribution in [0.2, 0.25) is 5.02 Å². The number of nitrogens with one attached hydrogen (secondary N) is 1. The lowest BCUT2D eigenvalue weighted by atomic mass is 10.0. The molecule has 0 bridgehead atoms. The van der Waals surface area contributed by atoms with E-state index in [1.54, 1.807) is 24.3 Å². The van der Waals surface area contributed by atoms with E-state index in [0.717, 1.165) is 5.82 Å². The lowest BCUT2D eigenvalue weighted by molar-refractivity contribution is 0.118. The van der Waals surface area contributed by atoms with Crippen molar-refractivity contribution in [2.45, 2.75) is 31.9 Å². The van der Waals surface area contributed by atoms with Gasteiger partial charge in [0, 0.05) is 22.5 Å². The number of benzene rings is 1. The van der Waals surface area contributed by atoms with Gasteiger partial charge in [-0.3, -0.25) is 0 Å². The fourth-order valence-electron chi connectivity index (χ4n) is 1.80. The second kappa shape index (κ2) is 7.17. The minimum Gasteiger partial charge on any atom is -0.394 e. The van der Waals surface area contributed by atoms with E-state index < -0.39 is 12.1 Å². The van der Waals surface area contributed by atoms with Crippen molar-refractivity contribution >= 4 is 28.3 Å². The van der Waals surface area contributed by atoms with Gasteiger partial charge < -0.3 is 15.5 Å². The van der Waals surface area contributed by atoms with E-state index in [1.807, 2.05) is 13.8 Å². The molecule has 0 unspecified atom stereocenters. The molecule has 0 fully saturated rings. The summed E-state index contributed by atoms with van der Waals surface area (Å²) in [4.78, 5) is 4.34. The van der Waals surface area contributed by atoms with Gasteiger partial charge in [0.2, 0.25) is 5.13 Å². The maximum Gasteiger partial charge on any atom is 0.202 e. The SMILES string of the molecule is CC(C)c1nsc(N[C@@H](CO)[C@@H](O)c2ccc(Cl)cc2)n1. The zero-order valence-corrected chi connectivity index (χ0v) is 13.4. The highest BCUT2D eigenvalue weighted by atomic mass is 35.5. The topological polar surface area (TPSA) is 78.3 Å². The van der Waals surface area contributed by atoms with Gasteiger partial charge in [-0.05, 0) is 17.7 Å². The number of rotatable bonds is 6. The summed E-state index contributed by atoms with van der Waals surface area (Å²) in [6.45, 7) is 3.80. The molecule has 0 saturated carbocycles. The maximum absolute atomic E-state index is 10.3. The summed E-state index contributed by atoms with van der Waals surface area (Å²) >= 11 is 7.05. The zero-order valence-electron chi connectivity index (χ0n) is 11.8. The quantitative estimate of drug-likeness (QED) is 0.760. The van der Waals surface area contributed by atoms with Gasteiger partial charge in [0.25, 0.3) is 0 Å². The summed E-state index contributed by atoms with van der Waals surface area (Å²) in [5.74, 6) is 0.991. The summed E-state index contributed by atoms with van der Waals surface area (Å²) in [6, 6.07) is 6.32. The normalized spacial score (nSPS) is 14.2. The average molecular weight is 328 g/mol. The molecule has 2 atom stereocenters. The van der Waals surface area contributed by atoms with Crippen LogP contribution in [0.25, 0.3) is 0 Å². The number of nitrogens with zero attached hydrogens (tertiary/aromatic N) is 2. The van der Waals surface area contributed by atoms with Crippen LogP contribution in [0.1, 0.15) is 37.3 Å². The van der Waals surface area contributed by atoms with Gasteiger partial charge in [-0.25, -0.2) is 4.98 Å². The Kier molecular flexibility index (Phi) is 5.52. The van der Waals surface area contributed by atoms with Crippen LogP contribution in [-0.4, -0.2) is 32.2 Å². The molecule has 114 valence electrons. The van der Waals surface area contributed by atoms with E-state index >= 15 is 0 Å². The van der Waals surface area contributed by atoms with Crippen LogP contribution in [0, 0.1) is 0 Å². The number of anilines is 1. The van der Waals surface area contributed by atoms with Gasteiger partial charge >= 0.3 is 0 Å². The summed E-state index contributed by atoms with van der Waals surface area (Å²) in [5.41, 5.74) is 0.680. The van der Waals surface area contributed by atoms with Gasteiger partial charge in [-0.1, -0.05) is 37.6 Å². The molecular formula is C14H18ClN3O2S. The molecule has 1 heterocycles. The first kappa shape index (κ1) is 16.2. The molecule has 1 aromatic heterocycles. The fraction of sp³-hybridized carbons (Fsp3) is 0.429. The van der Waals surface area contributed by atoms with Gasteiger partial charge in [0.15, 0.2) is 0 Å². The van der Waals surface area contributed by atoms with Crippen LogP contribution in [-0.2, 0) is 0 Å². The highest BCUT2D eigenvalue weighted by Crippen LogP contribution is 2.24. The van der Waals surface area contributed by atoms with Crippen LogP contribution in [0.4, 0.5) is 5.13 Å². The van der Waals surface area contributed by atoms with Gasteiger partial charge in [-0.2, -0.15) is 4.37 Å². The number of halogens is 1. The van der Waals surface area contributed by atoms with Crippen molar-refractivity contribution in [1.82, 2.24) is 9.36 Å². The maximum atomic E-state index is 10.3. The Hall–Kier alpha value is -1.21. The highest BCUT2D eigenvalue weighted by molar-refractivity contribution is 7.09. The van der Waals surface area contributed by atoms with Crippen molar-refractivity contribution in [3.8, 4) is 0 Å². The first-order valence-electron chi connectivity index (χ1n) is 6.65. The molecule has 0 radical (unpaired) electrons. The lowest BCUT2D eigenvalue weighted by Gasteiger charge is -2.22. The molecular weight excluding hydrogens is 310 g/mol. The molecule has 0 amide bonds. The predicted molar refractivity (Wildman–Crippen MR) is 84.9 cm³/mol. The fourth-order valence-corrected chi connectivity index (χ4v) is 2.70. The number of aliphatic hydroxyl groups excluding tert-OH is 2. The minimum absolute atomic E-state index is 0.222. The molecule has 0 saturated heterocycles. The first-order chi connectivity index (χ1) is 10.0. The molecule has 0 aliphatic carbocycles. The Bertz CT molecular complexity index is 574. The van der Waals surface area contributed by atoms with E-state index in [2.05, 4.69) is 14.7 Å². The number of hydrogen-bond acceptors (Lipinski definition) is 6. The summed E-state index contributed by atoms with van der Waals surface area (Å²) in [6.07, 6.45) is -0.862. The molecule has 7 heteroatoms. The summed E-state index contributed by atoms with van der Waals surface area (Å²) in [7, 11) is 0. The monoisotopic (exact) mass is 327 g/mol. The standard InChI is InChI=1S/C14H18ClN3O2S/c1-8(2)13-17-14(21-18-13)16-11(7-19)12(20)9-3-5-10(15)6-4-9/h3-6,8,11-12,19-20H,7H2,1-2H3,(H,16,17,18)/t11-,12-/m0/s1. The molecule has 5 nitrogen and oxygen atoms in total. The molecule has 0 aliphatic heterocycles. The van der Waals surface area contributed by atoms with Crippen molar-refractivity contribution < 1.29 is 10.2 Å². The Morgan fingerprint density at radius 1 is 1.29 bits per heavy atom. The average Bonchev–Trinajstić information content (AvgIpc) is 2.93. The Labute approximate surface area is 132 Å². The minimum atomic E-state index is -0.862. The van der Waals surface area contributed by atoms with E-state index in [9.17, 15) is 10.2 Å². The third-order valence-electron chi connectivity index (χ3n) is 3.06. The Morgan fingerprint density at radius 3 is 2.48 bits per heavy atom. The van der Waals surface area contributed by atoms with Crippen molar-refractivity contribution in [3.63, 3.8) is 0 Å². The van der Waals surface area contributed by atoms with Crippen molar-refractivity contribution in [2.24, 2.45) is 0 Å². The molecule has 3 N–H and O–H groups in total. The third-order valence-corrected chi connectivity index (χ3v) is 3.97. The molecule has 0 aliphatic rings. The Morgan fingerprint density at radius 2 is 1.95 bits per heavy atom. The van der Waals surface area contributed by atoms with E-state index in [0.29, 0.717) is 15.7 Å². The van der Waals surface area contributed by atoms with Crippen molar-refractivity contribution in [3.05, 3.63) is 40.7 Å². The smallest absolute Gasteiger partial charge is 0.202 e. The van der Waals surface area contributed by atoms with E-state index in [-0.39, 0.29) is 12.5 Å². The van der Waals surface area contributed by atoms with Gasteiger partial charge in [0.05, 0.1) is 12.6 Å². The van der Waals surface area contributed by atoms with Crippen LogP contribution in [0.5, 0.6) is 0 Å². The number of aliphatic hydroxyl groups is 2. The lowest BCUT2D eigenvalue weighted by Crippen LogP contribution is -2.31. The van der Waals surface area contributed by atoms with Crippen LogP contribution < -0.4 is 5.32 Å². The van der Waals surface area contributed by atoms with Crippen LogP contribution in [0.15, 0.2) is 24.3 Å².